The third-order valence-corrected chi connectivity index (χ3v) is 4.89. The molecule has 1 amide bonds. The number of nitrogens with two attached hydrogens (primary N) is 1. The summed E-state index contributed by atoms with van der Waals surface area (Å²) in [5.41, 5.74) is 7.61. The largest absolute Gasteiger partial charge is 0.497 e. The SMILES string of the molecule is COc1ccc(Cn2cc(C(=O)N3CCC(C)CC3CN)cn2)cc1. The fraction of sp³-hybridized carbons (Fsp3) is 0.474. The molecule has 1 fully saturated rings. The summed E-state index contributed by atoms with van der Waals surface area (Å²) < 4.78 is 6.96. The Balaban J connectivity index is 1.68. The number of ether oxygens (including phenoxy) is 1. The van der Waals surface area contributed by atoms with Crippen molar-refractivity contribution in [1.82, 2.24) is 14.7 Å². The van der Waals surface area contributed by atoms with Gasteiger partial charge in [-0.1, -0.05) is 19.1 Å². The van der Waals surface area contributed by atoms with Gasteiger partial charge in [-0.25, -0.2) is 0 Å². The number of likely N-dealkylation sites (tertiary alicyclic amines) is 1. The number of benzene rings is 1. The normalized spacial score (nSPS) is 20.5. The first-order valence-electron chi connectivity index (χ1n) is 8.77. The van der Waals surface area contributed by atoms with Gasteiger partial charge in [0.2, 0.25) is 0 Å². The van der Waals surface area contributed by atoms with Crippen molar-refractivity contribution in [3.63, 3.8) is 0 Å². The van der Waals surface area contributed by atoms with Crippen molar-refractivity contribution in [3.05, 3.63) is 47.8 Å². The van der Waals surface area contributed by atoms with Crippen LogP contribution < -0.4 is 10.5 Å². The van der Waals surface area contributed by atoms with Gasteiger partial charge in [0.25, 0.3) is 5.91 Å². The van der Waals surface area contributed by atoms with Gasteiger partial charge in [0.05, 0.1) is 25.4 Å². The number of hydrogen-bond donors (Lipinski definition) is 1. The van der Waals surface area contributed by atoms with Crippen molar-refractivity contribution in [2.75, 3.05) is 20.2 Å². The summed E-state index contributed by atoms with van der Waals surface area (Å²) >= 11 is 0. The van der Waals surface area contributed by atoms with E-state index in [-0.39, 0.29) is 11.9 Å². The summed E-state index contributed by atoms with van der Waals surface area (Å²) in [4.78, 5) is 14.7. The Morgan fingerprint density at radius 3 is 2.80 bits per heavy atom. The molecular formula is C19H26N4O2. The Morgan fingerprint density at radius 2 is 2.12 bits per heavy atom. The molecule has 1 aromatic carbocycles. The van der Waals surface area contributed by atoms with Gasteiger partial charge in [-0.3, -0.25) is 9.48 Å². The van der Waals surface area contributed by atoms with E-state index in [1.807, 2.05) is 35.4 Å². The second kappa shape index (κ2) is 7.70. The zero-order valence-corrected chi connectivity index (χ0v) is 14.9. The first-order valence-corrected chi connectivity index (χ1v) is 8.77. The lowest BCUT2D eigenvalue weighted by atomic mass is 9.92. The molecule has 0 saturated carbocycles. The highest BCUT2D eigenvalue weighted by atomic mass is 16.5. The van der Waals surface area contributed by atoms with Crippen LogP contribution in [0.5, 0.6) is 5.75 Å². The molecule has 0 aliphatic carbocycles. The van der Waals surface area contributed by atoms with E-state index in [0.717, 1.165) is 30.7 Å². The van der Waals surface area contributed by atoms with Crippen molar-refractivity contribution < 1.29 is 9.53 Å². The fourth-order valence-corrected chi connectivity index (χ4v) is 3.39. The predicted octanol–water partition coefficient (Wildman–Crippen LogP) is 2.14. The minimum atomic E-state index is 0.0309. The summed E-state index contributed by atoms with van der Waals surface area (Å²) in [6, 6.07) is 7.97. The lowest BCUT2D eigenvalue weighted by Crippen LogP contribution is -2.49. The van der Waals surface area contributed by atoms with Crippen LogP contribution in [0.15, 0.2) is 36.7 Å². The minimum Gasteiger partial charge on any atom is -0.497 e. The van der Waals surface area contributed by atoms with E-state index < -0.39 is 0 Å². The van der Waals surface area contributed by atoms with E-state index in [1.165, 1.54) is 0 Å². The molecule has 134 valence electrons. The van der Waals surface area contributed by atoms with Crippen LogP contribution in [0.4, 0.5) is 0 Å². The van der Waals surface area contributed by atoms with Crippen LogP contribution in [0.3, 0.4) is 0 Å². The average molecular weight is 342 g/mol. The standard InChI is InChI=1S/C19H26N4O2/c1-14-7-8-23(17(9-14)10-20)19(24)16-11-21-22(13-16)12-15-3-5-18(25-2)6-4-15/h3-6,11,13-14,17H,7-10,12,20H2,1-2H3. The maximum atomic E-state index is 12.8. The quantitative estimate of drug-likeness (QED) is 0.903. The van der Waals surface area contributed by atoms with Gasteiger partial charge in [-0.15, -0.1) is 0 Å². The minimum absolute atomic E-state index is 0.0309. The first-order chi connectivity index (χ1) is 12.1. The van der Waals surface area contributed by atoms with Gasteiger partial charge in [-0.2, -0.15) is 5.10 Å². The molecule has 1 aromatic heterocycles. The van der Waals surface area contributed by atoms with E-state index in [9.17, 15) is 4.79 Å². The molecule has 2 N–H and O–H groups in total. The van der Waals surface area contributed by atoms with Crippen LogP contribution in [0.25, 0.3) is 0 Å². The van der Waals surface area contributed by atoms with Gasteiger partial charge in [0.15, 0.2) is 0 Å². The monoisotopic (exact) mass is 342 g/mol. The van der Waals surface area contributed by atoms with Crippen LogP contribution in [0.2, 0.25) is 0 Å². The molecule has 6 nitrogen and oxygen atoms in total. The lowest BCUT2D eigenvalue weighted by Gasteiger charge is -2.37. The number of carbonyl (C=O) groups is 1. The maximum absolute atomic E-state index is 12.8. The fourth-order valence-electron chi connectivity index (χ4n) is 3.39. The molecule has 2 atom stereocenters. The van der Waals surface area contributed by atoms with Crippen molar-refractivity contribution >= 4 is 5.91 Å². The summed E-state index contributed by atoms with van der Waals surface area (Å²) in [5, 5.41) is 4.34. The Bertz CT molecular complexity index is 710. The molecule has 6 heteroatoms. The van der Waals surface area contributed by atoms with Crippen LogP contribution in [0, 0.1) is 5.92 Å². The Kier molecular flexibility index (Phi) is 5.38. The van der Waals surface area contributed by atoms with Crippen molar-refractivity contribution in [3.8, 4) is 5.75 Å². The summed E-state index contributed by atoms with van der Waals surface area (Å²) in [6.07, 6.45) is 5.47. The molecule has 0 spiro atoms. The predicted molar refractivity (Wildman–Crippen MR) is 96.6 cm³/mol. The number of aromatic nitrogens is 2. The van der Waals surface area contributed by atoms with Gasteiger partial charge in [0.1, 0.15) is 5.75 Å². The lowest BCUT2D eigenvalue weighted by molar-refractivity contribution is 0.0573. The van der Waals surface area contributed by atoms with Crippen molar-refractivity contribution in [2.24, 2.45) is 11.7 Å². The molecule has 1 aliphatic rings. The molecular weight excluding hydrogens is 316 g/mol. The van der Waals surface area contributed by atoms with Gasteiger partial charge >= 0.3 is 0 Å². The number of methoxy groups -OCH3 is 1. The average Bonchev–Trinajstić information content (AvgIpc) is 3.10. The molecule has 1 saturated heterocycles. The van der Waals surface area contributed by atoms with Gasteiger partial charge in [-0.05, 0) is 36.5 Å². The van der Waals surface area contributed by atoms with Crippen molar-refractivity contribution in [1.29, 1.82) is 0 Å². The zero-order chi connectivity index (χ0) is 17.8. The Morgan fingerprint density at radius 1 is 1.36 bits per heavy atom. The Hall–Kier alpha value is -2.34. The highest BCUT2D eigenvalue weighted by molar-refractivity contribution is 5.94. The number of carbonyl (C=O) groups excluding carboxylic acids is 1. The highest BCUT2D eigenvalue weighted by Gasteiger charge is 2.30. The van der Waals surface area contributed by atoms with E-state index in [0.29, 0.717) is 24.6 Å². The molecule has 2 unspecified atom stereocenters. The third kappa shape index (κ3) is 4.02. The molecule has 0 radical (unpaired) electrons. The molecule has 0 bridgehead atoms. The molecule has 25 heavy (non-hydrogen) atoms. The summed E-state index contributed by atoms with van der Waals surface area (Å²) in [7, 11) is 1.65. The number of piperidine rings is 1. The van der Waals surface area contributed by atoms with Crippen LogP contribution in [-0.2, 0) is 6.54 Å². The second-order valence-corrected chi connectivity index (χ2v) is 6.79. The maximum Gasteiger partial charge on any atom is 0.257 e. The smallest absolute Gasteiger partial charge is 0.257 e. The highest BCUT2D eigenvalue weighted by Crippen LogP contribution is 2.23. The first kappa shape index (κ1) is 17.5. The zero-order valence-electron chi connectivity index (χ0n) is 14.9. The van der Waals surface area contributed by atoms with Gasteiger partial charge in [0, 0.05) is 25.3 Å². The summed E-state index contributed by atoms with van der Waals surface area (Å²) in [6.45, 7) is 4.12. The number of nitrogens with zero attached hydrogens (tertiary/aromatic N) is 3. The molecule has 2 heterocycles. The number of hydrogen-bond acceptors (Lipinski definition) is 4. The molecule has 1 aliphatic heterocycles. The van der Waals surface area contributed by atoms with E-state index >= 15 is 0 Å². The third-order valence-electron chi connectivity index (χ3n) is 4.89. The van der Waals surface area contributed by atoms with Gasteiger partial charge < -0.3 is 15.4 Å². The van der Waals surface area contributed by atoms with E-state index in [4.69, 9.17) is 10.5 Å². The molecule has 2 aromatic rings. The second-order valence-electron chi connectivity index (χ2n) is 6.79. The number of amides is 1. The van der Waals surface area contributed by atoms with E-state index in [2.05, 4.69) is 12.0 Å². The molecule has 3 rings (SSSR count). The topological polar surface area (TPSA) is 73.4 Å². The summed E-state index contributed by atoms with van der Waals surface area (Å²) in [5.74, 6) is 1.48. The van der Waals surface area contributed by atoms with E-state index in [1.54, 1.807) is 18.0 Å². The van der Waals surface area contributed by atoms with Crippen LogP contribution in [-0.4, -0.2) is 46.8 Å². The number of rotatable bonds is 5. The Labute approximate surface area is 148 Å². The van der Waals surface area contributed by atoms with Crippen molar-refractivity contribution in [2.45, 2.75) is 32.4 Å². The van der Waals surface area contributed by atoms with Crippen LogP contribution in [0.1, 0.15) is 35.7 Å². The van der Waals surface area contributed by atoms with Crippen LogP contribution >= 0.6 is 0 Å².